The number of halogens is 1. The average Bonchev–Trinajstić information content (AvgIpc) is 3.69. The van der Waals surface area contributed by atoms with Crippen molar-refractivity contribution < 1.29 is 23.5 Å². The summed E-state index contributed by atoms with van der Waals surface area (Å²) >= 11 is 0. The van der Waals surface area contributed by atoms with Crippen LogP contribution in [0, 0.1) is 5.92 Å². The Bertz CT molecular complexity index is 1610. The third-order valence-corrected chi connectivity index (χ3v) is 12.3. The molecule has 1 saturated heterocycles. The summed E-state index contributed by atoms with van der Waals surface area (Å²) in [5.74, 6) is -0.206. The lowest BCUT2D eigenvalue weighted by molar-refractivity contribution is -0.145. The Labute approximate surface area is 279 Å². The zero-order chi connectivity index (χ0) is 33.9. The largest absolute Gasteiger partial charge is 0.497 e. The number of aryl methyl sites for hydroxylation is 1. The van der Waals surface area contributed by atoms with E-state index in [1.807, 2.05) is 61.7 Å². The molecule has 1 spiro atoms. The van der Waals surface area contributed by atoms with Gasteiger partial charge in [0.15, 0.2) is 5.60 Å². The molecule has 0 aliphatic carbocycles. The Morgan fingerprint density at radius 3 is 2.57 bits per heavy atom. The number of anilines is 1. The van der Waals surface area contributed by atoms with Gasteiger partial charge < -0.3 is 23.6 Å². The number of hydrogen-bond donors (Lipinski definition) is 1. The van der Waals surface area contributed by atoms with Crippen LogP contribution in [0.1, 0.15) is 69.7 Å². The van der Waals surface area contributed by atoms with Gasteiger partial charge in [-0.05, 0) is 76.9 Å². The quantitative estimate of drug-likeness (QED) is 0.117. The van der Waals surface area contributed by atoms with Crippen molar-refractivity contribution in [2.24, 2.45) is 5.92 Å². The molecule has 1 aromatic heterocycles. The maximum atomic E-state index is 16.3. The predicted molar refractivity (Wildman–Crippen MR) is 186 cm³/mol. The van der Waals surface area contributed by atoms with Gasteiger partial charge in [-0.2, -0.15) is 0 Å². The van der Waals surface area contributed by atoms with E-state index in [1.54, 1.807) is 29.8 Å². The van der Waals surface area contributed by atoms with E-state index in [4.69, 9.17) is 9.47 Å². The Balaban J connectivity index is 1.42. The minimum atomic E-state index is -3.32. The first-order valence-corrected chi connectivity index (χ1v) is 19.6. The van der Waals surface area contributed by atoms with Crippen LogP contribution in [0.5, 0.6) is 5.75 Å². The molecular weight excluding hydrogens is 612 g/mol. The highest BCUT2D eigenvalue weighted by atomic mass is 28.4. The molecule has 1 amide bonds. The number of fused-ring (bicyclic) bond motifs is 2. The van der Waals surface area contributed by atoms with E-state index in [9.17, 15) is 9.90 Å². The van der Waals surface area contributed by atoms with Crippen LogP contribution in [0.4, 0.5) is 9.80 Å². The van der Waals surface area contributed by atoms with Crippen LogP contribution in [-0.2, 0) is 21.7 Å². The third kappa shape index (κ3) is 7.00. The topological polar surface area (TPSA) is 89.7 Å². The van der Waals surface area contributed by atoms with E-state index in [0.717, 1.165) is 29.7 Å². The molecule has 5 rings (SSSR count). The summed E-state index contributed by atoms with van der Waals surface area (Å²) < 4.78 is 30.5. The maximum Gasteiger partial charge on any atom is 0.264 e. The van der Waals surface area contributed by atoms with E-state index in [2.05, 4.69) is 43.2 Å². The van der Waals surface area contributed by atoms with Crippen molar-refractivity contribution in [3.63, 3.8) is 0 Å². The van der Waals surface area contributed by atoms with Gasteiger partial charge in [0.05, 0.1) is 37.1 Å². The highest BCUT2D eigenvalue weighted by molar-refractivity contribution is 6.72. The second-order valence-electron chi connectivity index (χ2n) is 13.8. The predicted octanol–water partition coefficient (Wildman–Crippen LogP) is 7.32. The second-order valence-corrected chi connectivity index (χ2v) is 17.6. The smallest absolute Gasteiger partial charge is 0.264 e. The van der Waals surface area contributed by atoms with Crippen molar-refractivity contribution in [1.29, 1.82) is 0 Å². The van der Waals surface area contributed by atoms with Gasteiger partial charge in [-0.3, -0.25) is 9.48 Å². The van der Waals surface area contributed by atoms with Gasteiger partial charge in [0.2, 0.25) is 8.41 Å². The van der Waals surface area contributed by atoms with Crippen LogP contribution in [0.15, 0.2) is 78.0 Å². The Morgan fingerprint density at radius 2 is 1.91 bits per heavy atom. The molecule has 1 unspecified atom stereocenters. The van der Waals surface area contributed by atoms with Crippen molar-refractivity contribution in [1.82, 2.24) is 15.0 Å². The molecule has 47 heavy (non-hydrogen) atoms. The molecule has 3 aromatic rings. The molecule has 1 fully saturated rings. The average molecular weight is 661 g/mol. The molecule has 0 radical (unpaired) electrons. The lowest BCUT2D eigenvalue weighted by Crippen LogP contribution is -2.45. The molecule has 0 saturated carbocycles. The lowest BCUT2D eigenvalue weighted by atomic mass is 9.82. The fourth-order valence-electron chi connectivity index (χ4n) is 7.44. The van der Waals surface area contributed by atoms with E-state index < -0.39 is 31.6 Å². The summed E-state index contributed by atoms with van der Waals surface area (Å²) in [7, 11) is -1.72. The molecular formula is C37H49FN4O4Si. The molecule has 3 heterocycles. The van der Waals surface area contributed by atoms with Gasteiger partial charge >= 0.3 is 0 Å². The lowest BCUT2D eigenvalue weighted by Gasteiger charge is -2.31. The number of carbonyl (C=O) groups excluding carboxylic acids is 1. The fourth-order valence-corrected chi connectivity index (χ4v) is 9.98. The SMILES string of the molecule is COc1ccc2c(c1)[C@@]1(O[C@H](CCn3cc(C(CO)c4ccccc4)nn3)[C@@H]([Si](C)(C)F)[C@@H]1C)C(=O)N2C/C=C(\C)CCC=C(C)C. The molecule has 2 aromatic carbocycles. The van der Waals surface area contributed by atoms with Gasteiger partial charge in [0.1, 0.15) is 5.75 Å². The molecule has 10 heteroatoms. The molecule has 252 valence electrons. The molecule has 5 atom stereocenters. The minimum absolute atomic E-state index is 0.0934. The molecule has 2 aliphatic heterocycles. The number of ether oxygens (including phenoxy) is 2. The monoisotopic (exact) mass is 660 g/mol. The maximum absolute atomic E-state index is 16.3. The normalized spacial score (nSPS) is 23.3. The summed E-state index contributed by atoms with van der Waals surface area (Å²) in [6, 6.07) is 15.4. The number of hydrogen-bond acceptors (Lipinski definition) is 6. The number of amides is 1. The number of nitrogens with zero attached hydrogens (tertiary/aromatic N) is 4. The van der Waals surface area contributed by atoms with Gasteiger partial charge in [-0.1, -0.05) is 65.8 Å². The fraction of sp³-hybridized carbons (Fsp3) is 0.486. The van der Waals surface area contributed by atoms with Gasteiger partial charge in [-0.25, -0.2) is 0 Å². The number of methoxy groups -OCH3 is 1. The summed E-state index contributed by atoms with van der Waals surface area (Å²) in [5, 5.41) is 18.8. The van der Waals surface area contributed by atoms with Crippen LogP contribution >= 0.6 is 0 Å². The summed E-state index contributed by atoms with van der Waals surface area (Å²) in [5.41, 5.74) is 3.91. The van der Waals surface area contributed by atoms with Crippen LogP contribution in [0.25, 0.3) is 0 Å². The van der Waals surface area contributed by atoms with E-state index in [1.165, 1.54) is 11.1 Å². The summed E-state index contributed by atoms with van der Waals surface area (Å²) in [6.45, 7) is 12.4. The van der Waals surface area contributed by atoms with Crippen molar-refractivity contribution in [3.05, 3.63) is 94.8 Å². The van der Waals surface area contributed by atoms with E-state index in [-0.39, 0.29) is 18.4 Å². The first-order chi connectivity index (χ1) is 22.4. The Hall–Kier alpha value is -3.60. The number of carbonyl (C=O) groups is 1. The van der Waals surface area contributed by atoms with Gasteiger partial charge in [0, 0.05) is 36.3 Å². The van der Waals surface area contributed by atoms with Crippen LogP contribution in [-0.4, -0.2) is 60.8 Å². The standard InChI is InChI=1S/C37H49FN4O4Si/c1-25(2)12-11-13-26(3)18-21-42-33-17-16-29(45-5)22-31(33)37(36(42)44)27(4)35(47(6,7)38)34(46-37)19-20-41-23-32(39-40-41)30(24-43)28-14-9-8-10-15-28/h8-10,12,14-18,22-23,27,30,34-35,43H,11,13,19-21,24H2,1-7H3/b26-18+/t27-,30?,34+,35-,37+/m0/s1. The highest BCUT2D eigenvalue weighted by Crippen LogP contribution is 2.60. The summed E-state index contributed by atoms with van der Waals surface area (Å²) in [6.07, 6.45) is 8.01. The third-order valence-electron chi connectivity index (χ3n) is 9.82. The highest BCUT2D eigenvalue weighted by Gasteiger charge is 2.66. The van der Waals surface area contributed by atoms with Gasteiger partial charge in [-0.15, -0.1) is 5.10 Å². The zero-order valence-electron chi connectivity index (χ0n) is 28.7. The van der Waals surface area contributed by atoms with Crippen molar-refractivity contribution in [3.8, 4) is 5.75 Å². The summed E-state index contributed by atoms with van der Waals surface area (Å²) in [4.78, 5) is 16.4. The van der Waals surface area contributed by atoms with Crippen LogP contribution < -0.4 is 9.64 Å². The van der Waals surface area contributed by atoms with E-state index in [0.29, 0.717) is 31.0 Å². The van der Waals surface area contributed by atoms with Crippen LogP contribution in [0.2, 0.25) is 18.6 Å². The molecule has 0 bridgehead atoms. The molecule has 8 nitrogen and oxygen atoms in total. The number of allylic oxidation sites excluding steroid dienone is 3. The van der Waals surface area contributed by atoms with Crippen LogP contribution in [0.3, 0.4) is 0 Å². The first kappa shape index (κ1) is 34.7. The minimum Gasteiger partial charge on any atom is -0.497 e. The number of aromatic nitrogens is 3. The molecule has 2 aliphatic rings. The van der Waals surface area contributed by atoms with Crippen molar-refractivity contribution >= 4 is 20.0 Å². The number of aliphatic hydroxyl groups is 1. The molecule has 1 N–H and O–H groups in total. The number of aliphatic hydroxyl groups excluding tert-OH is 1. The zero-order valence-corrected chi connectivity index (χ0v) is 29.7. The Kier molecular flexibility index (Phi) is 10.5. The second kappa shape index (κ2) is 14.3. The first-order valence-electron chi connectivity index (χ1n) is 16.6. The van der Waals surface area contributed by atoms with Crippen molar-refractivity contribution in [2.45, 2.75) is 89.8 Å². The number of benzene rings is 2. The van der Waals surface area contributed by atoms with Gasteiger partial charge in [0.25, 0.3) is 5.91 Å². The van der Waals surface area contributed by atoms with E-state index >= 15 is 4.11 Å². The Morgan fingerprint density at radius 1 is 1.17 bits per heavy atom. The van der Waals surface area contributed by atoms with Crippen molar-refractivity contribution in [2.75, 3.05) is 25.2 Å². The number of rotatable bonds is 13.